The van der Waals surface area contributed by atoms with Gasteiger partial charge in [-0.1, -0.05) is 24.6 Å². The van der Waals surface area contributed by atoms with E-state index < -0.39 is 6.29 Å². The third-order valence-electron chi connectivity index (χ3n) is 4.62. The third kappa shape index (κ3) is 13.7. The highest BCUT2D eigenvalue weighted by Crippen LogP contribution is 2.30. The molecule has 0 spiro atoms. The molecule has 0 saturated heterocycles. The number of phenolic OH excluding ortho intramolecular Hbond substituents is 1. The lowest BCUT2D eigenvalue weighted by Crippen LogP contribution is -2.20. The molecule has 6 heteroatoms. The molecule has 0 bridgehead atoms. The molecule has 1 N–H and O–H groups in total. The van der Waals surface area contributed by atoms with Crippen molar-refractivity contribution in [1.29, 1.82) is 0 Å². The van der Waals surface area contributed by atoms with Crippen molar-refractivity contribution in [3.8, 4) is 11.5 Å². The van der Waals surface area contributed by atoms with Crippen molar-refractivity contribution in [3.05, 3.63) is 35.4 Å². The lowest BCUT2D eigenvalue weighted by molar-refractivity contribution is -0.145. The first-order valence-electron chi connectivity index (χ1n) is 11.8. The van der Waals surface area contributed by atoms with Crippen molar-refractivity contribution in [2.45, 2.75) is 80.3 Å². The second-order valence-corrected chi connectivity index (χ2v) is 7.71. The molecule has 0 aromatic heterocycles. The molecule has 0 saturated carbocycles. The molecule has 6 nitrogen and oxygen atoms in total. The average Bonchev–Trinajstić information content (AvgIpc) is 2.74. The van der Waals surface area contributed by atoms with Gasteiger partial charge in [0.15, 0.2) is 24.1 Å². The van der Waals surface area contributed by atoms with Gasteiger partial charge in [-0.25, -0.2) is 0 Å². The Hall–Kier alpha value is -1.60. The number of rotatable bonds is 15. The molecule has 1 atom stereocenters. The molecule has 1 rings (SSSR count). The minimum atomic E-state index is -0.413. The summed E-state index contributed by atoms with van der Waals surface area (Å²) >= 11 is 0. The summed E-state index contributed by atoms with van der Waals surface area (Å²) in [7, 11) is 1.51. The number of aromatic hydroxyl groups is 1. The van der Waals surface area contributed by atoms with E-state index >= 15 is 0 Å². The van der Waals surface area contributed by atoms with Crippen LogP contribution >= 0.6 is 0 Å². The summed E-state index contributed by atoms with van der Waals surface area (Å²) < 4.78 is 27.0. The maximum atomic E-state index is 9.47. The zero-order valence-electron chi connectivity index (χ0n) is 21.5. The Kier molecular flexibility index (Phi) is 18.0. The van der Waals surface area contributed by atoms with E-state index in [4.69, 9.17) is 23.7 Å². The topological polar surface area (TPSA) is 66.4 Å². The van der Waals surface area contributed by atoms with E-state index in [1.54, 1.807) is 18.2 Å². The summed E-state index contributed by atoms with van der Waals surface area (Å²) in [5.74, 6) is 1.18. The van der Waals surface area contributed by atoms with Crippen LogP contribution in [0.1, 0.15) is 79.6 Å². The van der Waals surface area contributed by atoms with Gasteiger partial charge in [0.2, 0.25) is 0 Å². The van der Waals surface area contributed by atoms with Crippen molar-refractivity contribution < 1.29 is 28.8 Å². The van der Waals surface area contributed by atoms with Gasteiger partial charge in [-0.15, -0.1) is 0 Å². The Bertz CT molecular complexity index is 600. The standard InChI is InChI=1S/C14H28O2.C12H18O4/c1-6-15-14(16-7-2)11-13(5)10-8-9-12(3)4;1-4-15-12(16-5-2)9-6-7-10(13)11(8-9)14-3/h9,13-14H,6-8,10-11H2,1-5H3;6-8,12-13H,4-5H2,1-3H3. The van der Waals surface area contributed by atoms with Crippen molar-refractivity contribution in [2.24, 2.45) is 5.92 Å². The van der Waals surface area contributed by atoms with Crippen molar-refractivity contribution in [2.75, 3.05) is 33.5 Å². The number of methoxy groups -OCH3 is 1. The predicted molar refractivity (Wildman–Crippen MR) is 130 cm³/mol. The molecule has 0 aliphatic carbocycles. The van der Waals surface area contributed by atoms with Gasteiger partial charge in [0.1, 0.15) is 0 Å². The average molecular weight is 455 g/mol. The monoisotopic (exact) mass is 454 g/mol. The molecule has 1 unspecified atom stereocenters. The lowest BCUT2D eigenvalue weighted by Gasteiger charge is -2.20. The molecule has 1 aromatic rings. The molecule has 0 aliphatic rings. The first-order valence-corrected chi connectivity index (χ1v) is 11.8. The van der Waals surface area contributed by atoms with Crippen LogP contribution in [-0.4, -0.2) is 44.9 Å². The number of hydrogen-bond donors (Lipinski definition) is 1. The molecular weight excluding hydrogens is 408 g/mol. The zero-order chi connectivity index (χ0) is 24.4. The van der Waals surface area contributed by atoms with Crippen molar-refractivity contribution >= 4 is 0 Å². The Morgan fingerprint density at radius 2 is 1.50 bits per heavy atom. The fraction of sp³-hybridized carbons (Fsp3) is 0.692. The van der Waals surface area contributed by atoms with Crippen LogP contribution < -0.4 is 4.74 Å². The second-order valence-electron chi connectivity index (χ2n) is 7.71. The van der Waals surface area contributed by atoms with E-state index in [9.17, 15) is 5.11 Å². The number of phenols is 1. The van der Waals surface area contributed by atoms with E-state index in [1.165, 1.54) is 19.1 Å². The number of hydrogen-bond acceptors (Lipinski definition) is 6. The van der Waals surface area contributed by atoms with E-state index in [2.05, 4.69) is 26.8 Å². The molecule has 0 amide bonds. The van der Waals surface area contributed by atoms with Crippen LogP contribution in [0.5, 0.6) is 11.5 Å². The van der Waals surface area contributed by atoms with Crippen molar-refractivity contribution in [3.63, 3.8) is 0 Å². The van der Waals surface area contributed by atoms with Crippen molar-refractivity contribution in [1.82, 2.24) is 0 Å². The van der Waals surface area contributed by atoms with Gasteiger partial charge >= 0.3 is 0 Å². The molecule has 0 aliphatic heterocycles. The van der Waals surface area contributed by atoms with Crippen LogP contribution in [0.4, 0.5) is 0 Å². The SMILES string of the molecule is CCOC(CC(C)CCC=C(C)C)OCC.CCOC(OCC)c1ccc(O)c(OC)c1. The fourth-order valence-electron chi connectivity index (χ4n) is 3.04. The van der Waals surface area contributed by atoms with Gasteiger partial charge in [0, 0.05) is 38.4 Å². The highest BCUT2D eigenvalue weighted by molar-refractivity contribution is 5.42. The first-order chi connectivity index (χ1) is 15.3. The lowest BCUT2D eigenvalue weighted by atomic mass is 10.0. The summed E-state index contributed by atoms with van der Waals surface area (Å²) in [5, 5.41) is 9.47. The summed E-state index contributed by atoms with van der Waals surface area (Å²) in [4.78, 5) is 0. The summed E-state index contributed by atoms with van der Waals surface area (Å²) in [6.45, 7) is 17.0. The maximum absolute atomic E-state index is 9.47. The van der Waals surface area contributed by atoms with E-state index in [-0.39, 0.29) is 12.0 Å². The molecule has 32 heavy (non-hydrogen) atoms. The Labute approximate surface area is 195 Å². The fourth-order valence-corrected chi connectivity index (χ4v) is 3.04. The Morgan fingerprint density at radius 3 is 1.97 bits per heavy atom. The molecular formula is C26H46O6. The van der Waals surface area contributed by atoms with E-state index in [0.29, 0.717) is 24.9 Å². The highest BCUT2D eigenvalue weighted by atomic mass is 16.7. The summed E-state index contributed by atoms with van der Waals surface area (Å²) in [6.07, 6.45) is 5.24. The molecule has 0 radical (unpaired) electrons. The number of benzene rings is 1. The predicted octanol–water partition coefficient (Wildman–Crippen LogP) is 6.63. The Morgan fingerprint density at radius 1 is 0.938 bits per heavy atom. The Balaban J connectivity index is 0.000000601. The van der Waals surface area contributed by atoms with Gasteiger partial charge in [-0.05, 0) is 72.4 Å². The van der Waals surface area contributed by atoms with Gasteiger partial charge in [0.05, 0.1) is 7.11 Å². The van der Waals surface area contributed by atoms with Crippen LogP contribution in [0.15, 0.2) is 29.8 Å². The quantitative estimate of drug-likeness (QED) is 0.237. The second kappa shape index (κ2) is 18.9. The van der Waals surface area contributed by atoms with Gasteiger partial charge in [-0.2, -0.15) is 0 Å². The minimum absolute atomic E-state index is 0.0169. The van der Waals surface area contributed by atoms with Crippen LogP contribution in [0.3, 0.4) is 0 Å². The van der Waals surface area contributed by atoms with Gasteiger partial charge < -0.3 is 28.8 Å². The van der Waals surface area contributed by atoms with E-state index in [0.717, 1.165) is 31.6 Å². The normalized spacial score (nSPS) is 11.8. The van der Waals surface area contributed by atoms with Gasteiger partial charge in [-0.3, -0.25) is 0 Å². The third-order valence-corrected chi connectivity index (χ3v) is 4.62. The van der Waals surface area contributed by atoms with E-state index in [1.807, 2.05) is 27.7 Å². The molecule has 0 heterocycles. The summed E-state index contributed by atoms with van der Waals surface area (Å²) in [5.41, 5.74) is 2.23. The summed E-state index contributed by atoms with van der Waals surface area (Å²) in [6, 6.07) is 5.04. The molecule has 0 fully saturated rings. The number of allylic oxidation sites excluding steroid dienone is 2. The first kappa shape index (κ1) is 30.4. The molecule has 186 valence electrons. The maximum Gasteiger partial charge on any atom is 0.183 e. The van der Waals surface area contributed by atoms with Gasteiger partial charge in [0.25, 0.3) is 0 Å². The largest absolute Gasteiger partial charge is 0.504 e. The van der Waals surface area contributed by atoms with Crippen LogP contribution in [0.25, 0.3) is 0 Å². The van der Waals surface area contributed by atoms with Crippen LogP contribution in [0.2, 0.25) is 0 Å². The zero-order valence-corrected chi connectivity index (χ0v) is 21.5. The highest BCUT2D eigenvalue weighted by Gasteiger charge is 2.14. The van der Waals surface area contributed by atoms with Crippen LogP contribution in [-0.2, 0) is 18.9 Å². The van der Waals surface area contributed by atoms with Crippen LogP contribution in [0, 0.1) is 5.92 Å². The minimum Gasteiger partial charge on any atom is -0.504 e. The smallest absolute Gasteiger partial charge is 0.183 e. The number of ether oxygens (including phenoxy) is 5. The molecule has 1 aromatic carbocycles.